The zero-order valence-electron chi connectivity index (χ0n) is 6.71. The van der Waals surface area contributed by atoms with Gasteiger partial charge in [0.2, 0.25) is 0 Å². The molecule has 1 unspecified atom stereocenters. The molecule has 0 amide bonds. The maximum Gasteiger partial charge on any atom is 0.155 e. The van der Waals surface area contributed by atoms with Gasteiger partial charge in [-0.1, -0.05) is 6.58 Å². The van der Waals surface area contributed by atoms with Crippen LogP contribution in [0.15, 0.2) is 12.7 Å². The molecule has 0 spiro atoms. The molecule has 0 radical (unpaired) electrons. The van der Waals surface area contributed by atoms with Crippen LogP contribution in [0.1, 0.15) is 25.7 Å². The van der Waals surface area contributed by atoms with Gasteiger partial charge in [0.25, 0.3) is 0 Å². The molecule has 1 aliphatic rings. The van der Waals surface area contributed by atoms with Gasteiger partial charge in [0.1, 0.15) is 0 Å². The lowest BCUT2D eigenvalue weighted by Gasteiger charge is -2.05. The van der Waals surface area contributed by atoms with Crippen molar-refractivity contribution in [3.8, 4) is 0 Å². The molecule has 1 rings (SSSR count). The minimum absolute atomic E-state index is 0.125. The van der Waals surface area contributed by atoms with E-state index in [4.69, 9.17) is 4.74 Å². The third-order valence-corrected chi connectivity index (χ3v) is 1.96. The molecule has 0 aromatic carbocycles. The average molecular weight is 154 g/mol. The van der Waals surface area contributed by atoms with Crippen LogP contribution in [-0.4, -0.2) is 18.5 Å². The smallest absolute Gasteiger partial charge is 0.155 e. The maximum atomic E-state index is 10.8. The zero-order chi connectivity index (χ0) is 8.10. The summed E-state index contributed by atoms with van der Waals surface area (Å²) in [7, 11) is 0. The van der Waals surface area contributed by atoms with Crippen LogP contribution >= 0.6 is 0 Å². The van der Waals surface area contributed by atoms with E-state index >= 15 is 0 Å². The lowest BCUT2D eigenvalue weighted by atomic mass is 10.1. The Morgan fingerprint density at radius 3 is 3.09 bits per heavy atom. The van der Waals surface area contributed by atoms with Gasteiger partial charge < -0.3 is 4.74 Å². The second-order valence-electron chi connectivity index (χ2n) is 2.84. The van der Waals surface area contributed by atoms with Crippen LogP contribution < -0.4 is 0 Å². The summed E-state index contributed by atoms with van der Waals surface area (Å²) in [5.74, 6) is 0.125. The van der Waals surface area contributed by atoms with Crippen LogP contribution in [0.2, 0.25) is 0 Å². The molecule has 62 valence electrons. The molecule has 0 bridgehead atoms. The lowest BCUT2D eigenvalue weighted by molar-refractivity contribution is -0.115. The molecule has 1 fully saturated rings. The summed E-state index contributed by atoms with van der Waals surface area (Å²) >= 11 is 0. The topological polar surface area (TPSA) is 26.3 Å². The fraction of sp³-hybridized carbons (Fsp3) is 0.667. The van der Waals surface area contributed by atoms with Crippen LogP contribution in [0.4, 0.5) is 0 Å². The molecule has 1 saturated heterocycles. The highest BCUT2D eigenvalue weighted by molar-refractivity contribution is 5.88. The van der Waals surface area contributed by atoms with Gasteiger partial charge in [0.15, 0.2) is 5.78 Å². The Labute approximate surface area is 67.2 Å². The third kappa shape index (κ3) is 2.85. The van der Waals surface area contributed by atoms with Crippen molar-refractivity contribution in [3.05, 3.63) is 12.7 Å². The SMILES string of the molecule is C=CC(=O)CCC1CCCO1. The first-order valence-corrected chi connectivity index (χ1v) is 4.10. The van der Waals surface area contributed by atoms with E-state index in [0.717, 1.165) is 25.9 Å². The van der Waals surface area contributed by atoms with Gasteiger partial charge in [0.05, 0.1) is 6.10 Å². The summed E-state index contributed by atoms with van der Waals surface area (Å²) in [4.78, 5) is 10.8. The summed E-state index contributed by atoms with van der Waals surface area (Å²) in [5.41, 5.74) is 0. The Balaban J connectivity index is 2.10. The number of hydrogen-bond acceptors (Lipinski definition) is 2. The van der Waals surface area contributed by atoms with Crippen LogP contribution in [0.5, 0.6) is 0 Å². The van der Waals surface area contributed by atoms with E-state index in [0.29, 0.717) is 12.5 Å². The van der Waals surface area contributed by atoms with Crippen LogP contribution in [-0.2, 0) is 9.53 Å². The number of hydrogen-bond donors (Lipinski definition) is 0. The van der Waals surface area contributed by atoms with Crippen molar-refractivity contribution in [3.63, 3.8) is 0 Å². The van der Waals surface area contributed by atoms with Gasteiger partial charge in [0, 0.05) is 13.0 Å². The van der Waals surface area contributed by atoms with Crippen molar-refractivity contribution >= 4 is 5.78 Å². The highest BCUT2D eigenvalue weighted by Gasteiger charge is 2.15. The zero-order valence-corrected chi connectivity index (χ0v) is 6.71. The quantitative estimate of drug-likeness (QED) is 0.576. The summed E-state index contributed by atoms with van der Waals surface area (Å²) < 4.78 is 5.36. The number of ether oxygens (including phenoxy) is 1. The first-order valence-electron chi connectivity index (χ1n) is 4.10. The number of carbonyl (C=O) groups is 1. The monoisotopic (exact) mass is 154 g/mol. The molecule has 11 heavy (non-hydrogen) atoms. The van der Waals surface area contributed by atoms with Crippen LogP contribution in [0.25, 0.3) is 0 Å². The van der Waals surface area contributed by atoms with E-state index < -0.39 is 0 Å². The standard InChI is InChI=1S/C9H14O2/c1-2-8(10)5-6-9-4-3-7-11-9/h2,9H,1,3-7H2. The molecule has 1 aliphatic heterocycles. The minimum atomic E-state index is 0.125. The van der Waals surface area contributed by atoms with Gasteiger partial charge in [-0.2, -0.15) is 0 Å². The second-order valence-corrected chi connectivity index (χ2v) is 2.84. The summed E-state index contributed by atoms with van der Waals surface area (Å²) in [6.07, 6.45) is 5.43. The highest BCUT2D eigenvalue weighted by Crippen LogP contribution is 2.16. The Bertz CT molecular complexity index is 146. The van der Waals surface area contributed by atoms with Gasteiger partial charge in [-0.3, -0.25) is 4.79 Å². The molecule has 1 atom stereocenters. The Morgan fingerprint density at radius 1 is 1.73 bits per heavy atom. The molecule has 2 heteroatoms. The van der Waals surface area contributed by atoms with E-state index in [1.165, 1.54) is 6.08 Å². The Hall–Kier alpha value is -0.630. The van der Waals surface area contributed by atoms with Gasteiger partial charge in [-0.25, -0.2) is 0 Å². The van der Waals surface area contributed by atoms with Crippen LogP contribution in [0.3, 0.4) is 0 Å². The van der Waals surface area contributed by atoms with Crippen molar-refractivity contribution < 1.29 is 9.53 Å². The molecule has 1 heterocycles. The summed E-state index contributed by atoms with van der Waals surface area (Å²) in [5, 5.41) is 0. The molecule has 2 nitrogen and oxygen atoms in total. The van der Waals surface area contributed by atoms with Crippen molar-refractivity contribution in [2.24, 2.45) is 0 Å². The maximum absolute atomic E-state index is 10.8. The molecular weight excluding hydrogens is 140 g/mol. The van der Waals surface area contributed by atoms with E-state index in [-0.39, 0.29) is 5.78 Å². The molecular formula is C9H14O2. The van der Waals surface area contributed by atoms with E-state index in [9.17, 15) is 4.79 Å². The molecule has 0 aliphatic carbocycles. The molecule has 0 aromatic heterocycles. The minimum Gasteiger partial charge on any atom is -0.378 e. The Morgan fingerprint density at radius 2 is 2.55 bits per heavy atom. The van der Waals surface area contributed by atoms with E-state index in [2.05, 4.69) is 6.58 Å². The Kier molecular flexibility index (Phi) is 3.30. The predicted octanol–water partition coefficient (Wildman–Crippen LogP) is 1.70. The van der Waals surface area contributed by atoms with E-state index in [1.54, 1.807) is 0 Å². The molecule has 0 saturated carbocycles. The normalized spacial score (nSPS) is 23.5. The molecule has 0 aromatic rings. The van der Waals surface area contributed by atoms with Crippen LogP contribution in [0, 0.1) is 0 Å². The van der Waals surface area contributed by atoms with Gasteiger partial charge in [-0.15, -0.1) is 0 Å². The van der Waals surface area contributed by atoms with Gasteiger partial charge in [-0.05, 0) is 25.3 Å². The van der Waals surface area contributed by atoms with Crippen molar-refractivity contribution in [2.45, 2.75) is 31.8 Å². The number of ketones is 1. The van der Waals surface area contributed by atoms with Gasteiger partial charge >= 0.3 is 0 Å². The second kappa shape index (κ2) is 4.29. The first-order chi connectivity index (χ1) is 5.33. The van der Waals surface area contributed by atoms with Crippen molar-refractivity contribution in [1.82, 2.24) is 0 Å². The summed E-state index contributed by atoms with van der Waals surface area (Å²) in [6.45, 7) is 4.28. The highest BCUT2D eigenvalue weighted by atomic mass is 16.5. The first kappa shape index (κ1) is 8.47. The average Bonchev–Trinajstić information content (AvgIpc) is 2.52. The summed E-state index contributed by atoms with van der Waals surface area (Å²) in [6, 6.07) is 0. The van der Waals surface area contributed by atoms with E-state index in [1.807, 2.05) is 0 Å². The predicted molar refractivity (Wildman–Crippen MR) is 43.4 cm³/mol. The fourth-order valence-corrected chi connectivity index (χ4v) is 1.28. The molecule has 0 N–H and O–H groups in total. The third-order valence-electron chi connectivity index (χ3n) is 1.96. The van der Waals surface area contributed by atoms with Crippen molar-refractivity contribution in [1.29, 1.82) is 0 Å². The number of rotatable bonds is 4. The fourth-order valence-electron chi connectivity index (χ4n) is 1.28. The lowest BCUT2D eigenvalue weighted by Crippen LogP contribution is -2.06. The number of carbonyl (C=O) groups excluding carboxylic acids is 1. The largest absolute Gasteiger partial charge is 0.378 e. The van der Waals surface area contributed by atoms with Crippen molar-refractivity contribution in [2.75, 3.05) is 6.61 Å². The number of allylic oxidation sites excluding steroid dienone is 1.